The van der Waals surface area contributed by atoms with E-state index >= 15 is 0 Å². The summed E-state index contributed by atoms with van der Waals surface area (Å²) in [4.78, 5) is 31.9. The predicted octanol–water partition coefficient (Wildman–Crippen LogP) is 2.84. The molecule has 0 unspecified atom stereocenters. The summed E-state index contributed by atoms with van der Waals surface area (Å²) >= 11 is 6.31. The van der Waals surface area contributed by atoms with Crippen molar-refractivity contribution in [3.05, 3.63) is 22.8 Å². The molecule has 0 radical (unpaired) electrons. The molecule has 0 aromatic carbocycles. The first-order valence-corrected chi connectivity index (χ1v) is 9.82. The molecule has 2 aliphatic heterocycles. The van der Waals surface area contributed by atoms with Crippen molar-refractivity contribution in [2.45, 2.75) is 51.5 Å². The van der Waals surface area contributed by atoms with Gasteiger partial charge < -0.3 is 15.5 Å². The molecule has 0 aliphatic carbocycles. The minimum atomic E-state index is -0.526. The minimum absolute atomic E-state index is 0.200. The molecule has 0 bridgehead atoms. The van der Waals surface area contributed by atoms with Crippen molar-refractivity contribution in [1.82, 2.24) is 9.88 Å². The number of nitrogens with two attached hydrogens (primary N) is 1. The van der Waals surface area contributed by atoms with Gasteiger partial charge in [-0.3, -0.25) is 9.59 Å². The van der Waals surface area contributed by atoms with Gasteiger partial charge in [0.2, 0.25) is 11.8 Å². The number of hydrogen-bond acceptors (Lipinski definition) is 4. The summed E-state index contributed by atoms with van der Waals surface area (Å²) in [6.45, 7) is 4.30. The molecule has 1 atom stereocenters. The number of carbonyl (C=O) groups excluding carboxylic acids is 2. The number of amides is 2. The van der Waals surface area contributed by atoms with E-state index in [1.165, 1.54) is 19.0 Å². The van der Waals surface area contributed by atoms with Crippen LogP contribution in [0.25, 0.3) is 0 Å². The van der Waals surface area contributed by atoms with E-state index in [2.05, 4.69) is 14.8 Å². The monoisotopic (exact) mass is 378 g/mol. The quantitative estimate of drug-likeness (QED) is 0.877. The molecular formula is C19H27ClN4O2. The van der Waals surface area contributed by atoms with Crippen LogP contribution in [0.15, 0.2) is 12.3 Å². The van der Waals surface area contributed by atoms with Crippen LogP contribution in [0.4, 0.5) is 5.82 Å². The number of likely N-dealkylation sites (tertiary alicyclic amines) is 1. The van der Waals surface area contributed by atoms with Gasteiger partial charge in [0.15, 0.2) is 0 Å². The highest BCUT2D eigenvalue weighted by molar-refractivity contribution is 6.33. The molecule has 0 spiro atoms. The third-order valence-electron chi connectivity index (χ3n) is 5.69. The first-order chi connectivity index (χ1) is 12.5. The molecule has 3 rings (SSSR count). The molecule has 1 aromatic rings. The van der Waals surface area contributed by atoms with E-state index in [-0.39, 0.29) is 5.91 Å². The number of hydrogen-bond donors (Lipinski definition) is 1. The first kappa shape index (κ1) is 19.0. The first-order valence-electron chi connectivity index (χ1n) is 9.45. The van der Waals surface area contributed by atoms with Gasteiger partial charge in [-0.05, 0) is 37.7 Å². The molecule has 26 heavy (non-hydrogen) atoms. The Morgan fingerprint density at radius 2 is 1.88 bits per heavy atom. The van der Waals surface area contributed by atoms with E-state index in [1.807, 2.05) is 0 Å². The number of aromatic nitrogens is 1. The van der Waals surface area contributed by atoms with Crippen LogP contribution in [-0.2, 0) is 4.79 Å². The van der Waals surface area contributed by atoms with Crippen molar-refractivity contribution in [3.8, 4) is 0 Å². The highest BCUT2D eigenvalue weighted by Crippen LogP contribution is 2.33. The summed E-state index contributed by atoms with van der Waals surface area (Å²) in [7, 11) is 0. The number of anilines is 1. The fourth-order valence-electron chi connectivity index (χ4n) is 4.31. The molecule has 6 nitrogen and oxygen atoms in total. The summed E-state index contributed by atoms with van der Waals surface area (Å²) in [5.41, 5.74) is 5.60. The fraction of sp³-hybridized carbons (Fsp3) is 0.632. The van der Waals surface area contributed by atoms with Crippen LogP contribution in [0.2, 0.25) is 5.02 Å². The largest absolute Gasteiger partial charge is 0.366 e. The Hall–Kier alpha value is -1.82. The van der Waals surface area contributed by atoms with E-state index in [4.69, 9.17) is 17.3 Å². The lowest BCUT2D eigenvalue weighted by molar-refractivity contribution is -0.132. The normalized spacial score (nSPS) is 22.2. The maximum absolute atomic E-state index is 12.1. The Morgan fingerprint density at radius 3 is 2.50 bits per heavy atom. The number of carbonyl (C=O) groups is 2. The van der Waals surface area contributed by atoms with Gasteiger partial charge in [0.05, 0.1) is 10.6 Å². The van der Waals surface area contributed by atoms with Gasteiger partial charge >= 0.3 is 0 Å². The fourth-order valence-corrected chi connectivity index (χ4v) is 4.60. The van der Waals surface area contributed by atoms with Gasteiger partial charge in [0.25, 0.3) is 0 Å². The van der Waals surface area contributed by atoms with E-state index < -0.39 is 5.91 Å². The standard InChI is InChI=1S/C19H27ClN4O2/c1-13(25)24-8-4-2-3-5-17(24)14-6-9-23(10-7-14)19-16(20)11-15(12-22-19)18(21)26/h11-12,14,17H,2-10H2,1H3,(H2,21,26)/t17-/m0/s1. The van der Waals surface area contributed by atoms with E-state index in [1.54, 1.807) is 13.0 Å². The topological polar surface area (TPSA) is 79.5 Å². The molecule has 3 heterocycles. The summed E-state index contributed by atoms with van der Waals surface area (Å²) in [6, 6.07) is 1.94. The van der Waals surface area contributed by atoms with E-state index in [0.717, 1.165) is 45.3 Å². The van der Waals surface area contributed by atoms with Gasteiger partial charge in [-0.25, -0.2) is 4.98 Å². The summed E-state index contributed by atoms with van der Waals surface area (Å²) in [5, 5.41) is 0.458. The van der Waals surface area contributed by atoms with Crippen LogP contribution in [0.3, 0.4) is 0 Å². The highest BCUT2D eigenvalue weighted by Gasteiger charge is 2.33. The second kappa shape index (κ2) is 8.25. The van der Waals surface area contributed by atoms with Crippen molar-refractivity contribution < 1.29 is 9.59 Å². The summed E-state index contributed by atoms with van der Waals surface area (Å²) < 4.78 is 0. The van der Waals surface area contributed by atoms with E-state index in [9.17, 15) is 9.59 Å². The smallest absolute Gasteiger partial charge is 0.250 e. The number of nitrogens with zero attached hydrogens (tertiary/aromatic N) is 3. The third-order valence-corrected chi connectivity index (χ3v) is 5.97. The Bertz CT molecular complexity index is 674. The average Bonchev–Trinajstić information content (AvgIpc) is 2.88. The Labute approximate surface area is 159 Å². The lowest BCUT2D eigenvalue weighted by Crippen LogP contribution is -2.47. The Kier molecular flexibility index (Phi) is 6.01. The molecule has 2 N–H and O–H groups in total. The average molecular weight is 379 g/mol. The Balaban J connectivity index is 1.67. The van der Waals surface area contributed by atoms with E-state index in [0.29, 0.717) is 28.4 Å². The van der Waals surface area contributed by atoms with Crippen molar-refractivity contribution >= 4 is 29.2 Å². The molecule has 2 saturated heterocycles. The highest BCUT2D eigenvalue weighted by atomic mass is 35.5. The number of piperidine rings is 1. The zero-order valence-corrected chi connectivity index (χ0v) is 16.0. The molecule has 0 saturated carbocycles. The van der Waals surface area contributed by atoms with Crippen LogP contribution >= 0.6 is 11.6 Å². The van der Waals surface area contributed by atoms with Gasteiger partial charge in [-0.1, -0.05) is 24.4 Å². The van der Waals surface area contributed by atoms with Crippen LogP contribution in [0.5, 0.6) is 0 Å². The zero-order valence-electron chi connectivity index (χ0n) is 15.3. The molecule has 2 amide bonds. The van der Waals surface area contributed by atoms with Gasteiger partial charge in [0, 0.05) is 38.8 Å². The number of primary amides is 1. The summed E-state index contributed by atoms with van der Waals surface area (Å²) in [5.74, 6) is 0.907. The SMILES string of the molecule is CC(=O)N1CCCCC[C@H]1C1CCN(c2ncc(C(N)=O)cc2Cl)CC1. The lowest BCUT2D eigenvalue weighted by Gasteiger charge is -2.41. The number of pyridine rings is 1. The maximum Gasteiger partial charge on any atom is 0.250 e. The maximum atomic E-state index is 12.1. The predicted molar refractivity (Wildman–Crippen MR) is 102 cm³/mol. The third kappa shape index (κ3) is 4.11. The van der Waals surface area contributed by atoms with Crippen LogP contribution in [0.1, 0.15) is 55.8 Å². The second-order valence-corrected chi connectivity index (χ2v) is 7.75. The van der Waals surface area contributed by atoms with Gasteiger partial charge in [-0.2, -0.15) is 0 Å². The van der Waals surface area contributed by atoms with Crippen LogP contribution in [0, 0.1) is 5.92 Å². The lowest BCUT2D eigenvalue weighted by atomic mass is 9.86. The van der Waals surface area contributed by atoms with Crippen molar-refractivity contribution in [3.63, 3.8) is 0 Å². The molecule has 1 aromatic heterocycles. The van der Waals surface area contributed by atoms with Gasteiger partial charge in [-0.15, -0.1) is 0 Å². The molecule has 142 valence electrons. The van der Waals surface area contributed by atoms with Crippen molar-refractivity contribution in [1.29, 1.82) is 0 Å². The van der Waals surface area contributed by atoms with Crippen LogP contribution < -0.4 is 10.6 Å². The van der Waals surface area contributed by atoms with Crippen molar-refractivity contribution in [2.24, 2.45) is 11.7 Å². The molecule has 7 heteroatoms. The minimum Gasteiger partial charge on any atom is -0.366 e. The molecule has 2 aliphatic rings. The van der Waals surface area contributed by atoms with Crippen molar-refractivity contribution in [2.75, 3.05) is 24.5 Å². The molecule has 2 fully saturated rings. The zero-order chi connectivity index (χ0) is 18.7. The Morgan fingerprint density at radius 1 is 1.15 bits per heavy atom. The number of halogens is 1. The van der Waals surface area contributed by atoms with Crippen LogP contribution in [-0.4, -0.2) is 47.4 Å². The summed E-state index contributed by atoms with van der Waals surface area (Å²) in [6.07, 6.45) is 8.16. The molecular weight excluding hydrogens is 352 g/mol. The number of rotatable bonds is 3. The van der Waals surface area contributed by atoms with Gasteiger partial charge in [0.1, 0.15) is 5.82 Å². The second-order valence-electron chi connectivity index (χ2n) is 7.35.